The molecule has 0 saturated heterocycles. The van der Waals surface area contributed by atoms with Gasteiger partial charge >= 0.3 is 201 Å². The van der Waals surface area contributed by atoms with Gasteiger partial charge in [0.2, 0.25) is 0 Å². The Morgan fingerprint density at radius 2 is 0.800 bits per heavy atom. The van der Waals surface area contributed by atoms with Gasteiger partial charge in [0, 0.05) is 0 Å². The van der Waals surface area contributed by atoms with Crippen molar-refractivity contribution >= 4 is 40.2 Å². The maximum absolute atomic E-state index is 3.21. The number of rotatable bonds is 12. The molecule has 30 heavy (non-hydrogen) atoms. The van der Waals surface area contributed by atoms with Crippen LogP contribution in [0.15, 0.2) is 60.7 Å². The van der Waals surface area contributed by atoms with Gasteiger partial charge in [-0.05, 0) is 0 Å². The Balaban J connectivity index is 0.000000300. The van der Waals surface area contributed by atoms with Crippen molar-refractivity contribution in [2.75, 3.05) is 26.2 Å². The van der Waals surface area contributed by atoms with Crippen LogP contribution in [0.5, 0.6) is 0 Å². The molecule has 0 aliphatic carbocycles. The average Bonchev–Trinajstić information content (AvgIpc) is 2.79. The van der Waals surface area contributed by atoms with Gasteiger partial charge in [0.05, 0.1) is 0 Å². The molecular weight excluding hydrogens is 498 g/mol. The van der Waals surface area contributed by atoms with E-state index in [9.17, 15) is 0 Å². The Morgan fingerprint density at radius 1 is 0.533 bits per heavy atom. The van der Waals surface area contributed by atoms with E-state index in [-0.39, 0.29) is 0 Å². The van der Waals surface area contributed by atoms with Gasteiger partial charge in [-0.2, -0.15) is 0 Å². The van der Waals surface area contributed by atoms with Crippen molar-refractivity contribution in [2.45, 2.75) is 53.4 Å². The summed E-state index contributed by atoms with van der Waals surface area (Å²) in [7, 11) is 0. The molecule has 2 aromatic carbocycles. The van der Waals surface area contributed by atoms with Crippen LogP contribution < -0.4 is 0 Å². The SMILES string of the molecule is CCCN(CCC)C(=[Se])c1ccccc1.CCCN(CCC)C(=[Se])c1ccccc1. The fourth-order valence-corrected chi connectivity index (χ4v) is 4.57. The first kappa shape index (κ1) is 26.9. The van der Waals surface area contributed by atoms with Gasteiger partial charge in [-0.3, -0.25) is 0 Å². The summed E-state index contributed by atoms with van der Waals surface area (Å²) in [5.41, 5.74) is 2.58. The van der Waals surface area contributed by atoms with Gasteiger partial charge in [-0.25, -0.2) is 0 Å². The molecule has 0 N–H and O–H groups in total. The van der Waals surface area contributed by atoms with Gasteiger partial charge in [-0.15, -0.1) is 0 Å². The van der Waals surface area contributed by atoms with Crippen LogP contribution >= 0.6 is 0 Å². The first-order valence-corrected chi connectivity index (χ1v) is 13.0. The minimum atomic E-state index is 1.13. The molecule has 2 nitrogen and oxygen atoms in total. The van der Waals surface area contributed by atoms with Crippen molar-refractivity contribution in [3.63, 3.8) is 0 Å². The Kier molecular flexibility index (Phi) is 14.8. The second-order valence-corrected chi connectivity index (χ2v) is 8.94. The molecule has 164 valence electrons. The molecular formula is C26H38N2Se2. The fourth-order valence-electron chi connectivity index (χ4n) is 3.24. The van der Waals surface area contributed by atoms with Gasteiger partial charge in [0.1, 0.15) is 0 Å². The molecule has 0 aliphatic rings. The summed E-state index contributed by atoms with van der Waals surface area (Å²) in [4.78, 5) is 4.85. The Hall–Kier alpha value is -1.18. The van der Waals surface area contributed by atoms with Crippen molar-refractivity contribution in [1.82, 2.24) is 9.80 Å². The third kappa shape index (κ3) is 9.75. The third-order valence-corrected chi connectivity index (χ3v) is 6.66. The monoisotopic (exact) mass is 538 g/mol. The standard InChI is InChI=1S/2C13H19NSe/c2*1-3-10-14(11-4-2)13(15)12-8-6-5-7-9-12/h2*5-9H,3-4,10-11H2,1-2H3. The van der Waals surface area contributed by atoms with Crippen LogP contribution in [0.3, 0.4) is 0 Å². The van der Waals surface area contributed by atoms with Crippen molar-refractivity contribution in [3.8, 4) is 0 Å². The fraction of sp³-hybridized carbons (Fsp3) is 0.462. The molecule has 2 aromatic rings. The van der Waals surface area contributed by atoms with Gasteiger partial charge in [-0.1, -0.05) is 0 Å². The number of nitrogens with zero attached hydrogens (tertiary/aromatic N) is 2. The molecule has 0 radical (unpaired) electrons. The van der Waals surface area contributed by atoms with E-state index in [1.165, 1.54) is 45.9 Å². The first-order valence-electron chi connectivity index (χ1n) is 11.3. The van der Waals surface area contributed by atoms with E-state index in [0.717, 1.165) is 26.2 Å². The first-order chi connectivity index (χ1) is 14.6. The predicted molar refractivity (Wildman–Crippen MR) is 137 cm³/mol. The quantitative estimate of drug-likeness (QED) is 0.356. The summed E-state index contributed by atoms with van der Waals surface area (Å²) < 4.78 is 2.55. The summed E-state index contributed by atoms with van der Waals surface area (Å²) >= 11 is 6.41. The van der Waals surface area contributed by atoms with Gasteiger partial charge in [0.15, 0.2) is 0 Å². The Bertz CT molecular complexity index is 641. The summed E-state index contributed by atoms with van der Waals surface area (Å²) in [6.45, 7) is 13.4. The summed E-state index contributed by atoms with van der Waals surface area (Å²) in [6.07, 6.45) is 4.77. The zero-order chi connectivity index (χ0) is 22.2. The second kappa shape index (κ2) is 16.5. The topological polar surface area (TPSA) is 6.48 Å². The zero-order valence-electron chi connectivity index (χ0n) is 19.1. The van der Waals surface area contributed by atoms with E-state index in [1.807, 2.05) is 0 Å². The van der Waals surface area contributed by atoms with Crippen LogP contribution in [0.4, 0.5) is 0 Å². The van der Waals surface area contributed by atoms with E-state index in [2.05, 4.69) is 129 Å². The van der Waals surface area contributed by atoms with Gasteiger partial charge < -0.3 is 0 Å². The van der Waals surface area contributed by atoms with E-state index in [0.29, 0.717) is 0 Å². The summed E-state index contributed by atoms with van der Waals surface area (Å²) in [5, 5.41) is 0. The van der Waals surface area contributed by atoms with Crippen LogP contribution in [0.25, 0.3) is 0 Å². The van der Waals surface area contributed by atoms with Crippen LogP contribution in [0.2, 0.25) is 0 Å². The van der Waals surface area contributed by atoms with Crippen molar-refractivity contribution < 1.29 is 0 Å². The minimum absolute atomic E-state index is 1.13. The Morgan fingerprint density at radius 3 is 1.03 bits per heavy atom. The number of hydrogen-bond donors (Lipinski definition) is 0. The second-order valence-electron chi connectivity index (χ2n) is 7.32. The Labute approximate surface area is 200 Å². The molecule has 0 aromatic heterocycles. The molecule has 0 bridgehead atoms. The molecule has 0 saturated carbocycles. The van der Waals surface area contributed by atoms with Crippen LogP contribution in [-0.4, -0.2) is 76.2 Å². The van der Waals surface area contributed by atoms with Gasteiger partial charge in [0.25, 0.3) is 0 Å². The van der Waals surface area contributed by atoms with Crippen molar-refractivity contribution in [1.29, 1.82) is 0 Å². The van der Waals surface area contributed by atoms with Crippen molar-refractivity contribution in [2.24, 2.45) is 0 Å². The third-order valence-electron chi connectivity index (χ3n) is 4.59. The molecule has 0 unspecified atom stereocenters. The normalized spacial score (nSPS) is 10.0. The summed E-state index contributed by atoms with van der Waals surface area (Å²) in [5.74, 6) is 0. The predicted octanol–water partition coefficient (Wildman–Crippen LogP) is 4.91. The van der Waals surface area contributed by atoms with E-state index < -0.39 is 0 Å². The van der Waals surface area contributed by atoms with Crippen LogP contribution in [-0.2, 0) is 0 Å². The molecule has 0 heterocycles. The number of hydrogen-bond acceptors (Lipinski definition) is 2. The summed E-state index contributed by atoms with van der Waals surface area (Å²) in [6, 6.07) is 21.1. The van der Waals surface area contributed by atoms with E-state index >= 15 is 0 Å². The molecule has 0 aliphatic heterocycles. The molecule has 0 fully saturated rings. The maximum atomic E-state index is 3.21. The molecule has 4 heteroatoms. The molecule has 2 rings (SSSR count). The van der Waals surface area contributed by atoms with E-state index in [1.54, 1.807) is 0 Å². The number of benzene rings is 2. The van der Waals surface area contributed by atoms with E-state index in [4.69, 9.17) is 0 Å². The van der Waals surface area contributed by atoms with Crippen molar-refractivity contribution in [3.05, 3.63) is 71.8 Å². The zero-order valence-corrected chi connectivity index (χ0v) is 22.6. The average molecular weight is 537 g/mol. The van der Waals surface area contributed by atoms with Crippen LogP contribution in [0, 0.1) is 0 Å². The van der Waals surface area contributed by atoms with Crippen LogP contribution in [0.1, 0.15) is 64.5 Å². The molecule has 0 atom stereocenters. The molecule has 0 spiro atoms. The molecule has 0 amide bonds.